The van der Waals surface area contributed by atoms with Gasteiger partial charge in [0.1, 0.15) is 0 Å². The molecule has 0 heterocycles. The molecule has 0 radical (unpaired) electrons. The zero-order chi connectivity index (χ0) is 13.1. The Labute approximate surface area is 107 Å². The van der Waals surface area contributed by atoms with Crippen LogP contribution in [0.25, 0.3) is 0 Å². The maximum absolute atomic E-state index is 11.6. The van der Waals surface area contributed by atoms with Gasteiger partial charge in [0.05, 0.1) is 6.10 Å². The van der Waals surface area contributed by atoms with Crippen molar-refractivity contribution in [3.63, 3.8) is 0 Å². The third kappa shape index (κ3) is 3.47. The molecule has 4 nitrogen and oxygen atoms in total. The van der Waals surface area contributed by atoms with Gasteiger partial charge in [-0.05, 0) is 42.9 Å². The average Bonchev–Trinajstić information content (AvgIpc) is 3.03. The summed E-state index contributed by atoms with van der Waals surface area (Å²) in [4.78, 5) is 11.6. The van der Waals surface area contributed by atoms with Gasteiger partial charge in [0.25, 0.3) is 0 Å². The van der Waals surface area contributed by atoms with Crippen LogP contribution in [0.15, 0.2) is 24.3 Å². The predicted molar refractivity (Wildman–Crippen MR) is 71.4 cm³/mol. The van der Waals surface area contributed by atoms with Gasteiger partial charge in [-0.1, -0.05) is 19.1 Å². The van der Waals surface area contributed by atoms with E-state index in [-0.39, 0.29) is 6.03 Å². The molecule has 0 saturated heterocycles. The number of hydrogen-bond acceptors (Lipinski definition) is 2. The quantitative estimate of drug-likeness (QED) is 0.766. The van der Waals surface area contributed by atoms with Crippen molar-refractivity contribution in [1.29, 1.82) is 0 Å². The molecule has 3 unspecified atom stereocenters. The van der Waals surface area contributed by atoms with Crippen LogP contribution < -0.4 is 10.6 Å². The Balaban J connectivity index is 1.79. The second kappa shape index (κ2) is 5.40. The van der Waals surface area contributed by atoms with Crippen LogP contribution in [0.4, 0.5) is 10.5 Å². The van der Waals surface area contributed by atoms with E-state index in [0.29, 0.717) is 5.92 Å². The Hall–Kier alpha value is -1.55. The maximum Gasteiger partial charge on any atom is 0.319 e. The van der Waals surface area contributed by atoms with E-state index in [4.69, 9.17) is 0 Å². The standard InChI is InChI=1S/C14H20N2O2/c1-9-7-12(9)8-15-14(18)16-13-5-3-11(4-6-13)10(2)17/h3-6,9-10,12,17H,7-8H2,1-2H3,(H2,15,16,18). The minimum atomic E-state index is -0.482. The lowest BCUT2D eigenvalue weighted by molar-refractivity contribution is 0.199. The van der Waals surface area contributed by atoms with E-state index in [9.17, 15) is 9.90 Å². The van der Waals surface area contributed by atoms with Crippen LogP contribution in [0.2, 0.25) is 0 Å². The van der Waals surface area contributed by atoms with Crippen molar-refractivity contribution in [2.45, 2.75) is 26.4 Å². The Morgan fingerprint density at radius 2 is 2.06 bits per heavy atom. The Kier molecular flexibility index (Phi) is 3.87. The van der Waals surface area contributed by atoms with Crippen LogP contribution >= 0.6 is 0 Å². The molecule has 0 aliphatic heterocycles. The fraction of sp³-hybridized carbons (Fsp3) is 0.500. The number of carbonyl (C=O) groups is 1. The SMILES string of the molecule is CC(O)c1ccc(NC(=O)NCC2CC2C)cc1. The fourth-order valence-electron chi connectivity index (χ4n) is 1.93. The van der Waals surface area contributed by atoms with E-state index in [2.05, 4.69) is 17.6 Å². The molecule has 1 aliphatic rings. The molecule has 0 aromatic heterocycles. The van der Waals surface area contributed by atoms with Crippen molar-refractivity contribution >= 4 is 11.7 Å². The van der Waals surface area contributed by atoms with E-state index in [1.807, 2.05) is 12.1 Å². The van der Waals surface area contributed by atoms with E-state index in [1.54, 1.807) is 19.1 Å². The summed E-state index contributed by atoms with van der Waals surface area (Å²) >= 11 is 0. The molecule has 1 aromatic carbocycles. The zero-order valence-electron chi connectivity index (χ0n) is 10.8. The molecule has 3 N–H and O–H groups in total. The predicted octanol–water partition coefficient (Wildman–Crippen LogP) is 2.52. The van der Waals surface area contributed by atoms with Gasteiger partial charge < -0.3 is 15.7 Å². The van der Waals surface area contributed by atoms with Gasteiger partial charge in [0.15, 0.2) is 0 Å². The highest BCUT2D eigenvalue weighted by Gasteiger charge is 2.32. The normalized spacial score (nSPS) is 23.3. The van der Waals surface area contributed by atoms with Crippen LogP contribution in [0, 0.1) is 11.8 Å². The number of aliphatic hydroxyl groups excluding tert-OH is 1. The highest BCUT2D eigenvalue weighted by Crippen LogP contribution is 2.36. The number of nitrogens with one attached hydrogen (secondary N) is 2. The molecule has 1 saturated carbocycles. The molecule has 2 rings (SSSR count). The van der Waals surface area contributed by atoms with Crippen molar-refractivity contribution < 1.29 is 9.90 Å². The molecule has 1 fully saturated rings. The van der Waals surface area contributed by atoms with Gasteiger partial charge in [-0.2, -0.15) is 0 Å². The molecule has 0 bridgehead atoms. The number of amides is 2. The third-order valence-corrected chi connectivity index (χ3v) is 3.45. The first-order valence-corrected chi connectivity index (χ1v) is 6.39. The van der Waals surface area contributed by atoms with Crippen LogP contribution in [0.5, 0.6) is 0 Å². The first kappa shape index (κ1) is 12.9. The molecule has 3 atom stereocenters. The number of anilines is 1. The summed E-state index contributed by atoms with van der Waals surface area (Å²) < 4.78 is 0. The van der Waals surface area contributed by atoms with Gasteiger partial charge in [0.2, 0.25) is 0 Å². The largest absolute Gasteiger partial charge is 0.389 e. The van der Waals surface area contributed by atoms with Crippen LogP contribution in [-0.2, 0) is 0 Å². The van der Waals surface area contributed by atoms with Crippen molar-refractivity contribution in [3.05, 3.63) is 29.8 Å². The van der Waals surface area contributed by atoms with Crippen LogP contribution in [0.1, 0.15) is 31.9 Å². The fourth-order valence-corrected chi connectivity index (χ4v) is 1.93. The average molecular weight is 248 g/mol. The van der Waals surface area contributed by atoms with Gasteiger partial charge >= 0.3 is 6.03 Å². The third-order valence-electron chi connectivity index (χ3n) is 3.45. The number of urea groups is 1. The maximum atomic E-state index is 11.6. The minimum absolute atomic E-state index is 0.168. The summed E-state index contributed by atoms with van der Waals surface area (Å²) in [5.41, 5.74) is 1.58. The van der Waals surface area contributed by atoms with Gasteiger partial charge in [-0.15, -0.1) is 0 Å². The summed E-state index contributed by atoms with van der Waals surface area (Å²) in [5, 5.41) is 15.0. The molecular weight excluding hydrogens is 228 g/mol. The summed E-state index contributed by atoms with van der Waals surface area (Å²) in [6, 6.07) is 7.04. The highest BCUT2D eigenvalue weighted by atomic mass is 16.3. The Morgan fingerprint density at radius 1 is 1.44 bits per heavy atom. The lowest BCUT2D eigenvalue weighted by Gasteiger charge is -2.09. The Bertz CT molecular complexity index is 414. The number of rotatable bonds is 4. The van der Waals surface area contributed by atoms with E-state index >= 15 is 0 Å². The molecule has 1 aromatic rings. The molecule has 18 heavy (non-hydrogen) atoms. The molecule has 4 heteroatoms. The first-order chi connectivity index (χ1) is 8.56. The monoisotopic (exact) mass is 248 g/mol. The molecular formula is C14H20N2O2. The van der Waals surface area contributed by atoms with Gasteiger partial charge in [-0.3, -0.25) is 0 Å². The topological polar surface area (TPSA) is 61.4 Å². The number of carbonyl (C=O) groups excluding carboxylic acids is 1. The van der Waals surface area contributed by atoms with Crippen molar-refractivity contribution in [2.75, 3.05) is 11.9 Å². The second-order valence-electron chi connectivity index (χ2n) is 5.11. The zero-order valence-corrected chi connectivity index (χ0v) is 10.8. The number of hydrogen-bond donors (Lipinski definition) is 3. The smallest absolute Gasteiger partial charge is 0.319 e. The summed E-state index contributed by atoms with van der Waals surface area (Å²) in [6.45, 7) is 4.66. The summed E-state index contributed by atoms with van der Waals surface area (Å²) in [7, 11) is 0. The van der Waals surface area contributed by atoms with E-state index in [0.717, 1.165) is 23.7 Å². The lowest BCUT2D eigenvalue weighted by Crippen LogP contribution is -2.30. The highest BCUT2D eigenvalue weighted by molar-refractivity contribution is 5.89. The molecule has 98 valence electrons. The summed E-state index contributed by atoms with van der Waals surface area (Å²) in [6.07, 6.45) is 0.729. The lowest BCUT2D eigenvalue weighted by atomic mass is 10.1. The Morgan fingerprint density at radius 3 is 2.56 bits per heavy atom. The minimum Gasteiger partial charge on any atom is -0.389 e. The number of benzene rings is 1. The van der Waals surface area contributed by atoms with Crippen LogP contribution in [0.3, 0.4) is 0 Å². The van der Waals surface area contributed by atoms with Crippen molar-refractivity contribution in [1.82, 2.24) is 5.32 Å². The second-order valence-corrected chi connectivity index (χ2v) is 5.11. The molecule has 0 spiro atoms. The molecule has 1 aliphatic carbocycles. The van der Waals surface area contributed by atoms with Gasteiger partial charge in [0, 0.05) is 12.2 Å². The van der Waals surface area contributed by atoms with Crippen LogP contribution in [-0.4, -0.2) is 17.7 Å². The first-order valence-electron chi connectivity index (χ1n) is 6.39. The van der Waals surface area contributed by atoms with E-state index < -0.39 is 6.10 Å². The molecule has 2 amide bonds. The van der Waals surface area contributed by atoms with Crippen molar-refractivity contribution in [2.24, 2.45) is 11.8 Å². The van der Waals surface area contributed by atoms with Crippen molar-refractivity contribution in [3.8, 4) is 0 Å². The van der Waals surface area contributed by atoms with Gasteiger partial charge in [-0.25, -0.2) is 4.79 Å². The number of aliphatic hydroxyl groups is 1. The summed E-state index contributed by atoms with van der Waals surface area (Å²) in [5.74, 6) is 1.39. The van der Waals surface area contributed by atoms with E-state index in [1.165, 1.54) is 6.42 Å².